The van der Waals surface area contributed by atoms with E-state index in [9.17, 15) is 9.90 Å². The van der Waals surface area contributed by atoms with E-state index >= 15 is 0 Å². The first kappa shape index (κ1) is 11.8. The van der Waals surface area contributed by atoms with Crippen molar-refractivity contribution in [1.82, 2.24) is 0 Å². The van der Waals surface area contributed by atoms with Crippen molar-refractivity contribution in [2.24, 2.45) is 5.41 Å². The van der Waals surface area contributed by atoms with Crippen LogP contribution in [-0.4, -0.2) is 24.2 Å². The fraction of sp³-hybridized carbons (Fsp3) is 0.500. The van der Waals surface area contributed by atoms with Gasteiger partial charge in [0.05, 0.1) is 10.7 Å². The maximum absolute atomic E-state index is 11.3. The van der Waals surface area contributed by atoms with E-state index in [1.165, 1.54) is 25.7 Å². The fourth-order valence-electron chi connectivity index (χ4n) is 3.36. The predicted molar refractivity (Wildman–Crippen MR) is 71.5 cm³/mol. The molecule has 1 aromatic rings. The number of carboxylic acids is 1. The Labute approximate surface area is 111 Å². The lowest BCUT2D eigenvalue weighted by atomic mass is 9.78. The van der Waals surface area contributed by atoms with Crippen LogP contribution in [0.15, 0.2) is 18.2 Å². The zero-order valence-corrected chi connectivity index (χ0v) is 10.9. The molecule has 0 atom stereocenters. The first-order valence-corrected chi connectivity index (χ1v) is 6.76. The van der Waals surface area contributed by atoms with Crippen molar-refractivity contribution in [1.29, 1.82) is 0 Å². The molecule has 1 aliphatic heterocycles. The number of halogens is 1. The van der Waals surface area contributed by atoms with Crippen LogP contribution in [0.4, 0.5) is 5.69 Å². The Morgan fingerprint density at radius 3 is 2.56 bits per heavy atom. The molecule has 1 aromatic carbocycles. The van der Waals surface area contributed by atoms with E-state index in [0.717, 1.165) is 18.8 Å². The number of anilines is 1. The van der Waals surface area contributed by atoms with E-state index in [-0.39, 0.29) is 5.56 Å². The molecule has 1 saturated heterocycles. The van der Waals surface area contributed by atoms with Crippen LogP contribution in [0.2, 0.25) is 5.02 Å². The molecule has 0 bridgehead atoms. The molecular formula is C14H16ClNO2. The molecule has 1 spiro atoms. The van der Waals surface area contributed by atoms with Crippen LogP contribution in [-0.2, 0) is 0 Å². The number of hydrogen-bond acceptors (Lipinski definition) is 2. The maximum atomic E-state index is 11.3. The van der Waals surface area contributed by atoms with Gasteiger partial charge in [0, 0.05) is 18.5 Å². The molecule has 2 fully saturated rings. The summed E-state index contributed by atoms with van der Waals surface area (Å²) in [5, 5.41) is 9.59. The Hall–Kier alpha value is -1.22. The van der Waals surface area contributed by atoms with Crippen molar-refractivity contribution >= 4 is 23.3 Å². The van der Waals surface area contributed by atoms with E-state index in [1.807, 2.05) is 12.1 Å². The smallest absolute Gasteiger partial charge is 0.339 e. The van der Waals surface area contributed by atoms with E-state index in [0.29, 0.717) is 10.4 Å². The first-order chi connectivity index (χ1) is 8.61. The van der Waals surface area contributed by atoms with Crippen molar-refractivity contribution in [2.75, 3.05) is 18.0 Å². The van der Waals surface area contributed by atoms with Crippen molar-refractivity contribution in [3.8, 4) is 0 Å². The van der Waals surface area contributed by atoms with Gasteiger partial charge in [-0.25, -0.2) is 4.79 Å². The average Bonchev–Trinajstić information content (AvgIpc) is 2.75. The van der Waals surface area contributed by atoms with E-state index in [4.69, 9.17) is 11.6 Å². The summed E-state index contributed by atoms with van der Waals surface area (Å²) in [6, 6.07) is 5.32. The molecular weight excluding hydrogens is 250 g/mol. The molecule has 1 saturated carbocycles. The van der Waals surface area contributed by atoms with Gasteiger partial charge in [-0.1, -0.05) is 30.5 Å². The predicted octanol–water partition coefficient (Wildman–Crippen LogP) is 3.42. The fourth-order valence-corrected chi connectivity index (χ4v) is 3.61. The van der Waals surface area contributed by atoms with Crippen molar-refractivity contribution in [3.05, 3.63) is 28.8 Å². The third-order valence-electron chi connectivity index (χ3n) is 4.26. The van der Waals surface area contributed by atoms with Crippen LogP contribution in [0.3, 0.4) is 0 Å². The Bertz CT molecular complexity index is 487. The van der Waals surface area contributed by atoms with Gasteiger partial charge in [0.25, 0.3) is 0 Å². The lowest BCUT2D eigenvalue weighted by Gasteiger charge is -2.50. The lowest BCUT2D eigenvalue weighted by Crippen LogP contribution is -2.55. The molecule has 1 heterocycles. The van der Waals surface area contributed by atoms with Gasteiger partial charge in [0.15, 0.2) is 0 Å². The normalized spacial score (nSPS) is 21.1. The third kappa shape index (κ3) is 1.77. The molecule has 96 valence electrons. The van der Waals surface area contributed by atoms with Crippen molar-refractivity contribution < 1.29 is 9.90 Å². The molecule has 2 aliphatic rings. The quantitative estimate of drug-likeness (QED) is 0.891. The number of nitrogens with zero attached hydrogens (tertiary/aromatic N) is 1. The molecule has 1 aliphatic carbocycles. The maximum Gasteiger partial charge on any atom is 0.339 e. The monoisotopic (exact) mass is 265 g/mol. The highest BCUT2D eigenvalue weighted by Crippen LogP contribution is 2.47. The first-order valence-electron chi connectivity index (χ1n) is 6.38. The Morgan fingerprint density at radius 2 is 1.94 bits per heavy atom. The molecule has 0 radical (unpaired) electrons. The number of hydrogen-bond donors (Lipinski definition) is 1. The van der Waals surface area contributed by atoms with Gasteiger partial charge in [0.2, 0.25) is 0 Å². The van der Waals surface area contributed by atoms with Gasteiger partial charge in [-0.05, 0) is 25.0 Å². The Balaban J connectivity index is 1.86. The number of aromatic carboxylic acids is 1. The molecule has 3 rings (SSSR count). The van der Waals surface area contributed by atoms with Crippen molar-refractivity contribution in [3.63, 3.8) is 0 Å². The minimum absolute atomic E-state index is 0.243. The summed E-state index contributed by atoms with van der Waals surface area (Å²) in [7, 11) is 0. The summed E-state index contributed by atoms with van der Waals surface area (Å²) in [4.78, 5) is 13.4. The van der Waals surface area contributed by atoms with Crippen LogP contribution in [0.1, 0.15) is 36.0 Å². The Kier molecular flexibility index (Phi) is 2.74. The van der Waals surface area contributed by atoms with Crippen LogP contribution >= 0.6 is 11.6 Å². The summed E-state index contributed by atoms with van der Waals surface area (Å²) in [5.74, 6) is -0.942. The molecule has 1 N–H and O–H groups in total. The van der Waals surface area contributed by atoms with E-state index in [1.54, 1.807) is 6.07 Å². The standard InChI is InChI=1S/C14H16ClNO2/c15-10-4-3-5-11(12(10)13(17)18)16-8-14(9-16)6-1-2-7-14/h3-5H,1-2,6-9H2,(H,17,18). The minimum atomic E-state index is -0.942. The summed E-state index contributed by atoms with van der Waals surface area (Å²) in [6.07, 6.45) is 5.20. The number of carbonyl (C=O) groups is 1. The molecule has 4 heteroatoms. The SMILES string of the molecule is O=C(O)c1c(Cl)cccc1N1CC2(CCCC2)C1. The zero-order valence-electron chi connectivity index (χ0n) is 10.2. The van der Waals surface area contributed by atoms with Crippen LogP contribution in [0, 0.1) is 5.41 Å². The summed E-state index contributed by atoms with van der Waals surface area (Å²) in [5.41, 5.74) is 1.47. The highest BCUT2D eigenvalue weighted by Gasteiger charge is 2.45. The van der Waals surface area contributed by atoms with Gasteiger partial charge in [0.1, 0.15) is 5.56 Å². The third-order valence-corrected chi connectivity index (χ3v) is 4.58. The lowest BCUT2D eigenvalue weighted by molar-refractivity contribution is 0.0696. The van der Waals surface area contributed by atoms with E-state index in [2.05, 4.69) is 4.90 Å². The second kappa shape index (κ2) is 4.16. The number of benzene rings is 1. The molecule has 0 aromatic heterocycles. The van der Waals surface area contributed by atoms with Gasteiger partial charge >= 0.3 is 5.97 Å². The Morgan fingerprint density at radius 1 is 1.28 bits per heavy atom. The van der Waals surface area contributed by atoms with Gasteiger partial charge < -0.3 is 10.0 Å². The van der Waals surface area contributed by atoms with Gasteiger partial charge in [-0.2, -0.15) is 0 Å². The van der Waals surface area contributed by atoms with E-state index < -0.39 is 5.97 Å². The highest BCUT2D eigenvalue weighted by atomic mass is 35.5. The molecule has 0 amide bonds. The van der Waals surface area contributed by atoms with Crippen LogP contribution < -0.4 is 4.90 Å². The largest absolute Gasteiger partial charge is 0.478 e. The molecule has 0 unspecified atom stereocenters. The van der Waals surface area contributed by atoms with Crippen LogP contribution in [0.25, 0.3) is 0 Å². The summed E-state index contributed by atoms with van der Waals surface area (Å²) in [6.45, 7) is 1.96. The number of rotatable bonds is 2. The molecule has 3 nitrogen and oxygen atoms in total. The topological polar surface area (TPSA) is 40.5 Å². The second-order valence-electron chi connectivity index (χ2n) is 5.50. The number of carboxylic acid groups (broad SMARTS) is 1. The summed E-state index contributed by atoms with van der Waals surface area (Å²) < 4.78 is 0. The average molecular weight is 266 g/mol. The van der Waals surface area contributed by atoms with Gasteiger partial charge in [-0.15, -0.1) is 0 Å². The molecule has 18 heavy (non-hydrogen) atoms. The second-order valence-corrected chi connectivity index (χ2v) is 5.91. The van der Waals surface area contributed by atoms with Crippen LogP contribution in [0.5, 0.6) is 0 Å². The van der Waals surface area contributed by atoms with Crippen molar-refractivity contribution in [2.45, 2.75) is 25.7 Å². The zero-order chi connectivity index (χ0) is 12.8. The van der Waals surface area contributed by atoms with Gasteiger partial charge in [-0.3, -0.25) is 0 Å². The summed E-state index contributed by atoms with van der Waals surface area (Å²) >= 11 is 5.99. The highest BCUT2D eigenvalue weighted by molar-refractivity contribution is 6.34. The minimum Gasteiger partial charge on any atom is -0.478 e.